The van der Waals surface area contributed by atoms with Gasteiger partial charge in [0, 0.05) is 12.1 Å². The van der Waals surface area contributed by atoms with Crippen LogP contribution in [0.3, 0.4) is 0 Å². The van der Waals surface area contributed by atoms with Gasteiger partial charge in [-0.25, -0.2) is 9.97 Å². The normalized spacial score (nSPS) is 10.4. The third-order valence-corrected chi connectivity index (χ3v) is 2.86. The molecular weight excluding hydrogens is 280 g/mol. The van der Waals surface area contributed by atoms with E-state index in [-0.39, 0.29) is 11.9 Å². The van der Waals surface area contributed by atoms with Crippen LogP contribution in [-0.4, -0.2) is 29.0 Å². The number of hydrogen-bond donors (Lipinski definition) is 2. The Hall–Kier alpha value is -2.63. The maximum absolute atomic E-state index is 12.1. The van der Waals surface area contributed by atoms with E-state index in [1.807, 2.05) is 38.1 Å². The lowest BCUT2D eigenvalue weighted by atomic mass is 10.2. The zero-order valence-electron chi connectivity index (χ0n) is 13.2. The number of aryl methyl sites for hydroxylation is 1. The molecule has 0 saturated carbocycles. The molecule has 0 unspecified atom stereocenters. The number of carbonyl (C=O) groups excluding carboxylic acids is 1. The van der Waals surface area contributed by atoms with E-state index in [1.54, 1.807) is 20.1 Å². The summed E-state index contributed by atoms with van der Waals surface area (Å²) in [6.45, 7) is 5.56. The Balaban J connectivity index is 2.28. The molecule has 0 bridgehead atoms. The lowest BCUT2D eigenvalue weighted by molar-refractivity contribution is 0.0937. The molecule has 2 rings (SSSR count). The van der Waals surface area contributed by atoms with Crippen LogP contribution in [0.15, 0.2) is 30.3 Å². The predicted octanol–water partition coefficient (Wildman–Crippen LogP) is 2.68. The van der Waals surface area contributed by atoms with Crippen molar-refractivity contribution in [3.05, 3.63) is 41.9 Å². The van der Waals surface area contributed by atoms with Crippen molar-refractivity contribution in [2.75, 3.05) is 12.4 Å². The second-order valence-electron chi connectivity index (χ2n) is 5.14. The standard InChI is InChI=1S/C16H20N4O2/c1-10(2)17-16(21)13-9-15(19-11(3)18-13)20-12-7-5-6-8-14(12)22-4/h5-10H,1-4H3,(H,17,21)(H,18,19,20). The van der Waals surface area contributed by atoms with Gasteiger partial charge in [0.15, 0.2) is 0 Å². The Labute approximate surface area is 129 Å². The Morgan fingerprint density at radius 1 is 1.23 bits per heavy atom. The van der Waals surface area contributed by atoms with E-state index in [1.165, 1.54) is 0 Å². The van der Waals surface area contributed by atoms with E-state index in [9.17, 15) is 4.79 Å². The fraction of sp³-hybridized carbons (Fsp3) is 0.312. The molecule has 116 valence electrons. The van der Waals surface area contributed by atoms with Crippen molar-refractivity contribution in [3.63, 3.8) is 0 Å². The number of nitrogens with zero attached hydrogens (tertiary/aromatic N) is 2. The van der Waals surface area contributed by atoms with Gasteiger partial charge in [-0.1, -0.05) is 12.1 Å². The lowest BCUT2D eigenvalue weighted by Crippen LogP contribution is -2.31. The molecule has 0 atom stereocenters. The zero-order chi connectivity index (χ0) is 16.1. The number of nitrogens with one attached hydrogen (secondary N) is 2. The molecule has 0 aliphatic rings. The summed E-state index contributed by atoms with van der Waals surface area (Å²) in [5, 5.41) is 5.97. The number of para-hydroxylation sites is 2. The molecule has 0 spiro atoms. The smallest absolute Gasteiger partial charge is 0.270 e. The van der Waals surface area contributed by atoms with E-state index < -0.39 is 0 Å². The number of rotatable bonds is 5. The first-order valence-corrected chi connectivity index (χ1v) is 7.06. The first-order valence-electron chi connectivity index (χ1n) is 7.06. The fourth-order valence-corrected chi connectivity index (χ4v) is 1.97. The number of aromatic nitrogens is 2. The summed E-state index contributed by atoms with van der Waals surface area (Å²) in [5.41, 5.74) is 1.11. The Bertz CT molecular complexity index is 671. The number of anilines is 2. The number of hydrogen-bond acceptors (Lipinski definition) is 5. The van der Waals surface area contributed by atoms with Gasteiger partial charge >= 0.3 is 0 Å². The molecule has 0 aliphatic heterocycles. The summed E-state index contributed by atoms with van der Waals surface area (Å²) in [5.74, 6) is 1.55. The third-order valence-electron chi connectivity index (χ3n) is 2.86. The van der Waals surface area contributed by atoms with Crippen LogP contribution in [-0.2, 0) is 0 Å². The van der Waals surface area contributed by atoms with Gasteiger partial charge in [0.1, 0.15) is 23.1 Å². The minimum atomic E-state index is -0.219. The molecule has 0 saturated heterocycles. The van der Waals surface area contributed by atoms with Crippen molar-refractivity contribution >= 4 is 17.4 Å². The Morgan fingerprint density at radius 3 is 2.64 bits per heavy atom. The molecule has 0 aliphatic carbocycles. The number of ether oxygens (including phenoxy) is 1. The zero-order valence-corrected chi connectivity index (χ0v) is 13.2. The molecular formula is C16H20N4O2. The highest BCUT2D eigenvalue weighted by atomic mass is 16.5. The summed E-state index contributed by atoms with van der Waals surface area (Å²) in [6.07, 6.45) is 0. The molecule has 0 fully saturated rings. The third kappa shape index (κ3) is 3.94. The molecule has 1 aromatic carbocycles. The maximum Gasteiger partial charge on any atom is 0.270 e. The second kappa shape index (κ2) is 6.89. The Kier molecular flexibility index (Phi) is 4.93. The molecule has 0 radical (unpaired) electrons. The van der Waals surface area contributed by atoms with Crippen molar-refractivity contribution in [1.82, 2.24) is 15.3 Å². The second-order valence-corrected chi connectivity index (χ2v) is 5.14. The molecule has 22 heavy (non-hydrogen) atoms. The summed E-state index contributed by atoms with van der Waals surface area (Å²) < 4.78 is 5.29. The van der Waals surface area contributed by atoms with Gasteiger partial charge in [-0.2, -0.15) is 0 Å². The topological polar surface area (TPSA) is 76.1 Å². The average molecular weight is 300 g/mol. The summed E-state index contributed by atoms with van der Waals surface area (Å²) in [6, 6.07) is 9.18. The van der Waals surface area contributed by atoms with E-state index in [4.69, 9.17) is 4.74 Å². The summed E-state index contributed by atoms with van der Waals surface area (Å²) >= 11 is 0. The highest BCUT2D eigenvalue weighted by Gasteiger charge is 2.12. The van der Waals surface area contributed by atoms with Gasteiger partial charge in [0.25, 0.3) is 5.91 Å². The summed E-state index contributed by atoms with van der Waals surface area (Å²) in [7, 11) is 1.60. The largest absolute Gasteiger partial charge is 0.495 e. The van der Waals surface area contributed by atoms with Crippen molar-refractivity contribution in [2.45, 2.75) is 26.8 Å². The molecule has 1 heterocycles. The first kappa shape index (κ1) is 15.8. The van der Waals surface area contributed by atoms with Crippen LogP contribution in [0.2, 0.25) is 0 Å². The van der Waals surface area contributed by atoms with E-state index >= 15 is 0 Å². The van der Waals surface area contributed by atoms with Crippen LogP contribution in [0.5, 0.6) is 5.75 Å². The van der Waals surface area contributed by atoms with Gasteiger partial charge in [-0.3, -0.25) is 4.79 Å². The first-order chi connectivity index (χ1) is 10.5. The van der Waals surface area contributed by atoms with Crippen LogP contribution < -0.4 is 15.4 Å². The summed E-state index contributed by atoms with van der Waals surface area (Å²) in [4.78, 5) is 20.6. The van der Waals surface area contributed by atoms with Crippen molar-refractivity contribution in [2.24, 2.45) is 0 Å². The molecule has 2 aromatic rings. The SMILES string of the molecule is COc1ccccc1Nc1cc(C(=O)NC(C)C)nc(C)n1. The van der Waals surface area contributed by atoms with Crippen molar-refractivity contribution in [3.8, 4) is 5.75 Å². The monoisotopic (exact) mass is 300 g/mol. The van der Waals surface area contributed by atoms with Crippen LogP contribution in [0.25, 0.3) is 0 Å². The van der Waals surface area contributed by atoms with Crippen molar-refractivity contribution in [1.29, 1.82) is 0 Å². The van der Waals surface area contributed by atoms with Crippen LogP contribution in [0, 0.1) is 6.92 Å². The lowest BCUT2D eigenvalue weighted by Gasteiger charge is -2.12. The minimum Gasteiger partial charge on any atom is -0.495 e. The number of methoxy groups -OCH3 is 1. The van der Waals surface area contributed by atoms with Crippen LogP contribution in [0.4, 0.5) is 11.5 Å². The molecule has 1 amide bonds. The van der Waals surface area contributed by atoms with Crippen LogP contribution in [0.1, 0.15) is 30.2 Å². The van der Waals surface area contributed by atoms with E-state index in [0.717, 1.165) is 5.69 Å². The molecule has 6 nitrogen and oxygen atoms in total. The van der Waals surface area contributed by atoms with Gasteiger partial charge in [-0.05, 0) is 32.9 Å². The van der Waals surface area contributed by atoms with Crippen molar-refractivity contribution < 1.29 is 9.53 Å². The van der Waals surface area contributed by atoms with Gasteiger partial charge in [-0.15, -0.1) is 0 Å². The van der Waals surface area contributed by atoms with Crippen LogP contribution >= 0.6 is 0 Å². The number of benzene rings is 1. The minimum absolute atomic E-state index is 0.0494. The van der Waals surface area contributed by atoms with Gasteiger partial charge in [0.05, 0.1) is 12.8 Å². The maximum atomic E-state index is 12.1. The molecule has 6 heteroatoms. The average Bonchev–Trinajstić information content (AvgIpc) is 2.46. The predicted molar refractivity (Wildman–Crippen MR) is 85.6 cm³/mol. The highest BCUT2D eigenvalue weighted by Crippen LogP contribution is 2.26. The van der Waals surface area contributed by atoms with Gasteiger partial charge in [0.2, 0.25) is 0 Å². The van der Waals surface area contributed by atoms with Gasteiger partial charge < -0.3 is 15.4 Å². The molecule has 2 N–H and O–H groups in total. The fourth-order valence-electron chi connectivity index (χ4n) is 1.97. The van der Waals surface area contributed by atoms with E-state index in [2.05, 4.69) is 20.6 Å². The number of carbonyl (C=O) groups is 1. The number of amides is 1. The van der Waals surface area contributed by atoms with E-state index in [0.29, 0.717) is 23.1 Å². The molecule has 1 aromatic heterocycles. The highest BCUT2D eigenvalue weighted by molar-refractivity contribution is 5.93. The quantitative estimate of drug-likeness (QED) is 0.888. The Morgan fingerprint density at radius 2 is 1.95 bits per heavy atom.